The largest absolute Gasteiger partial charge is 0.385 e. The van der Waals surface area contributed by atoms with E-state index in [2.05, 4.69) is 20.7 Å². The smallest absolute Gasteiger partial charge is 0.212 e. The van der Waals surface area contributed by atoms with E-state index in [1.54, 1.807) is 7.11 Å². The predicted molar refractivity (Wildman–Crippen MR) is 70.0 cm³/mol. The minimum atomic E-state index is -3.24. The normalized spacial score (nSPS) is 20.4. The first-order valence-electron chi connectivity index (χ1n) is 5.68. The van der Waals surface area contributed by atoms with Crippen LogP contribution >= 0.6 is 15.9 Å². The number of hydrogen-bond donors (Lipinski definition) is 1. The third-order valence-corrected chi connectivity index (χ3v) is 5.48. The first kappa shape index (κ1) is 15.4. The van der Waals surface area contributed by atoms with Gasteiger partial charge < -0.3 is 9.47 Å². The summed E-state index contributed by atoms with van der Waals surface area (Å²) in [5.41, 5.74) is -0.385. The molecule has 7 heteroatoms. The Morgan fingerprint density at radius 2 is 2.06 bits per heavy atom. The number of halogens is 1. The summed E-state index contributed by atoms with van der Waals surface area (Å²) < 4.78 is 36.7. The van der Waals surface area contributed by atoms with E-state index in [-0.39, 0.29) is 11.3 Å². The maximum absolute atomic E-state index is 11.9. The lowest BCUT2D eigenvalue weighted by Crippen LogP contribution is -2.53. The summed E-state index contributed by atoms with van der Waals surface area (Å²) in [6.07, 6.45) is 1.93. The Morgan fingerprint density at radius 1 is 1.41 bits per heavy atom. The van der Waals surface area contributed by atoms with E-state index in [0.29, 0.717) is 44.4 Å². The average molecular weight is 330 g/mol. The predicted octanol–water partition coefficient (Wildman–Crippen LogP) is 0.886. The molecule has 0 radical (unpaired) electrons. The fraction of sp³-hybridized carbons (Fsp3) is 1.00. The second-order valence-corrected chi connectivity index (χ2v) is 6.70. The van der Waals surface area contributed by atoms with Gasteiger partial charge in [0.25, 0.3) is 0 Å². The molecule has 0 aromatic carbocycles. The van der Waals surface area contributed by atoms with Crippen LogP contribution in [0.5, 0.6) is 0 Å². The molecule has 0 aliphatic carbocycles. The number of hydrogen-bond acceptors (Lipinski definition) is 4. The Hall–Kier alpha value is 0.310. The fourth-order valence-corrected chi connectivity index (χ4v) is 4.22. The fourth-order valence-electron chi connectivity index (χ4n) is 1.80. The number of sulfonamides is 1. The zero-order valence-electron chi connectivity index (χ0n) is 10.1. The molecule has 1 N–H and O–H groups in total. The van der Waals surface area contributed by atoms with Crippen molar-refractivity contribution in [3.8, 4) is 0 Å². The van der Waals surface area contributed by atoms with Crippen LogP contribution in [0, 0.1) is 0 Å². The van der Waals surface area contributed by atoms with Crippen LogP contribution in [-0.2, 0) is 19.5 Å². The molecule has 5 nitrogen and oxygen atoms in total. The van der Waals surface area contributed by atoms with Gasteiger partial charge in [-0.3, -0.25) is 0 Å². The molecule has 1 rings (SSSR count). The number of nitrogens with one attached hydrogen (secondary N) is 1. The Balaban J connectivity index is 2.54. The van der Waals surface area contributed by atoms with Crippen LogP contribution in [0.15, 0.2) is 0 Å². The van der Waals surface area contributed by atoms with Crippen LogP contribution in [0.25, 0.3) is 0 Å². The maximum atomic E-state index is 11.9. The van der Waals surface area contributed by atoms with Crippen LogP contribution in [-0.4, -0.2) is 52.0 Å². The van der Waals surface area contributed by atoms with Crippen LogP contribution in [0.2, 0.25) is 0 Å². The SMILES string of the molecule is COCCCS(=O)(=O)NC1(CBr)CCOCC1. The van der Waals surface area contributed by atoms with Crippen LogP contribution in [0.3, 0.4) is 0 Å². The van der Waals surface area contributed by atoms with Gasteiger partial charge in [-0.1, -0.05) is 15.9 Å². The minimum Gasteiger partial charge on any atom is -0.385 e. The zero-order valence-corrected chi connectivity index (χ0v) is 12.5. The summed E-state index contributed by atoms with van der Waals surface area (Å²) >= 11 is 3.40. The second kappa shape index (κ2) is 7.04. The van der Waals surface area contributed by atoms with Crippen LogP contribution in [0.1, 0.15) is 19.3 Å². The first-order valence-corrected chi connectivity index (χ1v) is 8.45. The Bertz CT molecular complexity index is 314. The molecule has 0 spiro atoms. The van der Waals surface area contributed by atoms with Gasteiger partial charge in [-0.15, -0.1) is 0 Å². The molecule has 102 valence electrons. The van der Waals surface area contributed by atoms with E-state index in [1.165, 1.54) is 0 Å². The van der Waals surface area contributed by atoms with Gasteiger partial charge in [-0.05, 0) is 19.3 Å². The molecule has 0 atom stereocenters. The number of alkyl halides is 1. The highest BCUT2D eigenvalue weighted by Crippen LogP contribution is 2.24. The highest BCUT2D eigenvalue weighted by atomic mass is 79.9. The molecular formula is C10H20BrNO4S. The second-order valence-electron chi connectivity index (χ2n) is 4.29. The van der Waals surface area contributed by atoms with Crippen molar-refractivity contribution >= 4 is 26.0 Å². The third-order valence-electron chi connectivity index (χ3n) is 2.84. The molecule has 0 bridgehead atoms. The van der Waals surface area contributed by atoms with Crippen molar-refractivity contribution in [2.75, 3.05) is 38.0 Å². The summed E-state index contributed by atoms with van der Waals surface area (Å²) in [6.45, 7) is 1.67. The number of methoxy groups -OCH3 is 1. The van der Waals surface area contributed by atoms with E-state index >= 15 is 0 Å². The molecule has 1 saturated heterocycles. The van der Waals surface area contributed by atoms with Gasteiger partial charge in [0.05, 0.1) is 5.75 Å². The van der Waals surface area contributed by atoms with Crippen molar-refractivity contribution in [1.82, 2.24) is 4.72 Å². The van der Waals surface area contributed by atoms with Gasteiger partial charge in [0.15, 0.2) is 0 Å². The van der Waals surface area contributed by atoms with Gasteiger partial charge in [-0.2, -0.15) is 0 Å². The van der Waals surface area contributed by atoms with Crippen LogP contribution in [0.4, 0.5) is 0 Å². The average Bonchev–Trinajstić information content (AvgIpc) is 2.30. The van der Waals surface area contributed by atoms with E-state index in [1.807, 2.05) is 0 Å². The maximum Gasteiger partial charge on any atom is 0.212 e. The molecule has 1 heterocycles. The Labute approximate surface area is 111 Å². The van der Waals surface area contributed by atoms with Crippen LogP contribution < -0.4 is 4.72 Å². The van der Waals surface area contributed by atoms with Gasteiger partial charge >= 0.3 is 0 Å². The van der Waals surface area contributed by atoms with E-state index in [4.69, 9.17) is 9.47 Å². The zero-order chi connectivity index (χ0) is 12.8. The molecule has 1 aliphatic rings. The molecule has 1 fully saturated rings. The van der Waals surface area contributed by atoms with Gasteiger partial charge in [0.1, 0.15) is 0 Å². The highest BCUT2D eigenvalue weighted by Gasteiger charge is 2.35. The van der Waals surface area contributed by atoms with Crippen molar-refractivity contribution in [1.29, 1.82) is 0 Å². The van der Waals surface area contributed by atoms with Gasteiger partial charge in [0.2, 0.25) is 10.0 Å². The van der Waals surface area contributed by atoms with Gasteiger partial charge in [-0.25, -0.2) is 13.1 Å². The van der Waals surface area contributed by atoms with E-state index in [0.717, 1.165) is 0 Å². The Morgan fingerprint density at radius 3 is 2.59 bits per heavy atom. The minimum absolute atomic E-state index is 0.108. The standard InChI is InChI=1S/C10H20BrNO4S/c1-15-5-2-8-17(13,14)12-10(9-11)3-6-16-7-4-10/h12H,2-9H2,1H3. The summed E-state index contributed by atoms with van der Waals surface area (Å²) in [6, 6.07) is 0. The lowest BCUT2D eigenvalue weighted by Gasteiger charge is -2.36. The van der Waals surface area contributed by atoms with Crippen molar-refractivity contribution < 1.29 is 17.9 Å². The van der Waals surface area contributed by atoms with Crippen molar-refractivity contribution in [3.05, 3.63) is 0 Å². The molecule has 0 aromatic rings. The first-order chi connectivity index (χ1) is 8.04. The summed E-state index contributed by atoms with van der Waals surface area (Å²) in [5.74, 6) is 0.108. The molecular weight excluding hydrogens is 310 g/mol. The summed E-state index contributed by atoms with van der Waals surface area (Å²) in [5, 5.41) is 0.618. The highest BCUT2D eigenvalue weighted by molar-refractivity contribution is 9.09. The quantitative estimate of drug-likeness (QED) is 0.556. The molecule has 0 saturated carbocycles. The monoisotopic (exact) mass is 329 g/mol. The van der Waals surface area contributed by atoms with E-state index < -0.39 is 10.0 Å². The lowest BCUT2D eigenvalue weighted by molar-refractivity contribution is 0.0557. The number of rotatable bonds is 7. The third kappa shape index (κ3) is 5.21. The number of ether oxygens (including phenoxy) is 2. The molecule has 0 amide bonds. The molecule has 1 aliphatic heterocycles. The van der Waals surface area contributed by atoms with Gasteiger partial charge in [0, 0.05) is 37.8 Å². The van der Waals surface area contributed by atoms with Crippen molar-refractivity contribution in [2.45, 2.75) is 24.8 Å². The Kier molecular flexibility index (Phi) is 6.36. The molecule has 0 unspecified atom stereocenters. The summed E-state index contributed by atoms with van der Waals surface area (Å²) in [4.78, 5) is 0. The van der Waals surface area contributed by atoms with Crippen molar-refractivity contribution in [3.63, 3.8) is 0 Å². The molecule has 0 aromatic heterocycles. The van der Waals surface area contributed by atoms with E-state index in [9.17, 15) is 8.42 Å². The topological polar surface area (TPSA) is 64.6 Å². The molecule has 17 heavy (non-hydrogen) atoms. The summed E-state index contributed by atoms with van der Waals surface area (Å²) in [7, 11) is -1.67. The lowest BCUT2D eigenvalue weighted by atomic mass is 9.94. The van der Waals surface area contributed by atoms with Crippen molar-refractivity contribution in [2.24, 2.45) is 0 Å².